The first-order valence-electron chi connectivity index (χ1n) is 6.27. The Bertz CT molecular complexity index is 507. The molecule has 0 saturated carbocycles. The molecular formula is C14H19N3O. The van der Waals surface area contributed by atoms with Crippen molar-refractivity contribution >= 4 is 0 Å². The minimum Gasteiger partial charge on any atom is -0.377 e. The van der Waals surface area contributed by atoms with Crippen molar-refractivity contribution in [2.75, 3.05) is 0 Å². The van der Waals surface area contributed by atoms with Gasteiger partial charge in [0.25, 0.3) is 0 Å². The number of aliphatic hydroxyl groups is 1. The van der Waals surface area contributed by atoms with Gasteiger partial charge in [-0.1, -0.05) is 37.3 Å². The van der Waals surface area contributed by atoms with Crippen LogP contribution in [0, 0.1) is 0 Å². The van der Waals surface area contributed by atoms with E-state index in [9.17, 15) is 5.11 Å². The van der Waals surface area contributed by atoms with Gasteiger partial charge >= 0.3 is 0 Å². The van der Waals surface area contributed by atoms with E-state index >= 15 is 0 Å². The number of benzene rings is 1. The molecule has 2 aromatic rings. The van der Waals surface area contributed by atoms with E-state index in [1.54, 1.807) is 4.68 Å². The van der Waals surface area contributed by atoms with E-state index in [0.717, 1.165) is 5.56 Å². The van der Waals surface area contributed by atoms with Crippen molar-refractivity contribution < 1.29 is 5.11 Å². The van der Waals surface area contributed by atoms with E-state index in [1.165, 1.54) is 6.33 Å². The quantitative estimate of drug-likeness (QED) is 0.900. The zero-order chi connectivity index (χ0) is 13.2. The lowest BCUT2D eigenvalue weighted by molar-refractivity contribution is 0.0604. The fraction of sp³-hybridized carbons (Fsp3) is 0.429. The van der Waals surface area contributed by atoms with E-state index < -0.39 is 5.60 Å². The van der Waals surface area contributed by atoms with Gasteiger partial charge in [0, 0.05) is 6.04 Å². The third-order valence-corrected chi connectivity index (χ3v) is 3.20. The monoisotopic (exact) mass is 245 g/mol. The molecule has 2 rings (SSSR count). The van der Waals surface area contributed by atoms with Gasteiger partial charge in [-0.15, -0.1) is 0 Å². The molecule has 0 aliphatic heterocycles. The summed E-state index contributed by atoms with van der Waals surface area (Å²) in [6.45, 7) is 6.00. The summed E-state index contributed by atoms with van der Waals surface area (Å²) in [6, 6.07) is 9.79. The average Bonchev–Trinajstić information content (AvgIpc) is 2.89. The average molecular weight is 245 g/mol. The summed E-state index contributed by atoms with van der Waals surface area (Å²) in [5, 5.41) is 15.2. The molecule has 0 radical (unpaired) electrons. The molecule has 18 heavy (non-hydrogen) atoms. The third-order valence-electron chi connectivity index (χ3n) is 3.20. The maximum Gasteiger partial charge on any atom is 0.163 e. The largest absolute Gasteiger partial charge is 0.377 e. The maximum absolute atomic E-state index is 11.0. The van der Waals surface area contributed by atoms with Crippen LogP contribution < -0.4 is 0 Å². The highest BCUT2D eigenvalue weighted by Gasteiger charge is 2.34. The second-order valence-electron chi connectivity index (χ2n) is 4.70. The first-order chi connectivity index (χ1) is 8.59. The lowest BCUT2D eigenvalue weighted by atomic mass is 9.90. The molecule has 1 aromatic carbocycles. The van der Waals surface area contributed by atoms with Crippen molar-refractivity contribution in [1.29, 1.82) is 0 Å². The first kappa shape index (κ1) is 12.8. The predicted molar refractivity (Wildman–Crippen MR) is 70.1 cm³/mol. The van der Waals surface area contributed by atoms with E-state index in [4.69, 9.17) is 0 Å². The number of hydrogen-bond donors (Lipinski definition) is 1. The second-order valence-corrected chi connectivity index (χ2v) is 4.70. The summed E-state index contributed by atoms with van der Waals surface area (Å²) in [6.07, 6.45) is 2.06. The van der Waals surface area contributed by atoms with Gasteiger partial charge in [-0.2, -0.15) is 5.10 Å². The van der Waals surface area contributed by atoms with Crippen molar-refractivity contribution in [3.63, 3.8) is 0 Å². The fourth-order valence-electron chi connectivity index (χ4n) is 2.13. The second kappa shape index (κ2) is 4.90. The van der Waals surface area contributed by atoms with E-state index in [1.807, 2.05) is 51.1 Å². The maximum atomic E-state index is 11.0. The highest BCUT2D eigenvalue weighted by atomic mass is 16.3. The molecule has 0 aliphatic carbocycles. The van der Waals surface area contributed by atoms with Crippen LogP contribution in [0.1, 0.15) is 44.6 Å². The zero-order valence-electron chi connectivity index (χ0n) is 11.0. The van der Waals surface area contributed by atoms with Crippen LogP contribution in [0.25, 0.3) is 0 Å². The Balaban J connectivity index is 2.54. The molecule has 1 N–H and O–H groups in total. The molecule has 96 valence electrons. The number of nitrogens with zero attached hydrogens (tertiary/aromatic N) is 3. The lowest BCUT2D eigenvalue weighted by Crippen LogP contribution is -2.31. The SMILES string of the molecule is CCC(O)(c1ccccc1)c1ncnn1C(C)C. The summed E-state index contributed by atoms with van der Waals surface area (Å²) in [7, 11) is 0. The number of rotatable bonds is 4. The van der Waals surface area contributed by atoms with Crippen LogP contribution in [-0.4, -0.2) is 19.9 Å². The van der Waals surface area contributed by atoms with Gasteiger partial charge in [0.15, 0.2) is 5.82 Å². The standard InChI is InChI=1S/C14H19N3O/c1-4-14(18,12-8-6-5-7-9-12)13-15-10-16-17(13)11(2)3/h5-11,18H,4H2,1-3H3. The van der Waals surface area contributed by atoms with Gasteiger partial charge in [-0.25, -0.2) is 9.67 Å². The minimum absolute atomic E-state index is 0.171. The summed E-state index contributed by atoms with van der Waals surface area (Å²) >= 11 is 0. The van der Waals surface area contributed by atoms with Crippen LogP contribution in [0.2, 0.25) is 0 Å². The Kier molecular flexibility index (Phi) is 3.48. The zero-order valence-corrected chi connectivity index (χ0v) is 11.0. The Morgan fingerprint density at radius 2 is 1.94 bits per heavy atom. The fourth-order valence-corrected chi connectivity index (χ4v) is 2.13. The van der Waals surface area contributed by atoms with Crippen LogP contribution in [0.4, 0.5) is 0 Å². The Labute approximate surface area is 107 Å². The topological polar surface area (TPSA) is 50.9 Å². The molecule has 1 unspecified atom stereocenters. The molecular weight excluding hydrogens is 226 g/mol. The van der Waals surface area contributed by atoms with Gasteiger partial charge in [-0.3, -0.25) is 0 Å². The van der Waals surface area contributed by atoms with Gasteiger partial charge in [0.2, 0.25) is 0 Å². The summed E-state index contributed by atoms with van der Waals surface area (Å²) < 4.78 is 1.77. The third kappa shape index (κ3) is 2.04. The van der Waals surface area contributed by atoms with Gasteiger partial charge in [0.05, 0.1) is 0 Å². The van der Waals surface area contributed by atoms with Crippen LogP contribution in [0.3, 0.4) is 0 Å². The van der Waals surface area contributed by atoms with Crippen LogP contribution in [-0.2, 0) is 5.60 Å². The predicted octanol–water partition coefficient (Wildman–Crippen LogP) is 2.50. The first-order valence-corrected chi connectivity index (χ1v) is 6.27. The van der Waals surface area contributed by atoms with Crippen molar-refractivity contribution in [3.8, 4) is 0 Å². The lowest BCUT2D eigenvalue weighted by Gasteiger charge is -2.27. The minimum atomic E-state index is -1.08. The molecule has 0 saturated heterocycles. The molecule has 1 atom stereocenters. The number of aromatic nitrogens is 3. The van der Waals surface area contributed by atoms with Crippen LogP contribution in [0.15, 0.2) is 36.7 Å². The van der Waals surface area contributed by atoms with Crippen molar-refractivity contribution in [1.82, 2.24) is 14.8 Å². The van der Waals surface area contributed by atoms with E-state index in [-0.39, 0.29) is 6.04 Å². The van der Waals surface area contributed by atoms with E-state index in [2.05, 4.69) is 10.1 Å². The molecule has 0 fully saturated rings. The molecule has 0 aliphatic rings. The summed E-state index contributed by atoms with van der Waals surface area (Å²) in [4.78, 5) is 4.26. The molecule has 4 heteroatoms. The molecule has 1 aromatic heterocycles. The Morgan fingerprint density at radius 3 is 2.50 bits per heavy atom. The molecule has 1 heterocycles. The van der Waals surface area contributed by atoms with Crippen LogP contribution >= 0.6 is 0 Å². The van der Waals surface area contributed by atoms with Crippen molar-refractivity contribution in [2.24, 2.45) is 0 Å². The molecule has 0 amide bonds. The van der Waals surface area contributed by atoms with E-state index in [0.29, 0.717) is 12.2 Å². The van der Waals surface area contributed by atoms with Crippen molar-refractivity contribution in [2.45, 2.75) is 38.8 Å². The highest BCUT2D eigenvalue weighted by Crippen LogP contribution is 2.32. The number of hydrogen-bond acceptors (Lipinski definition) is 3. The molecule has 0 bridgehead atoms. The smallest absolute Gasteiger partial charge is 0.163 e. The summed E-state index contributed by atoms with van der Waals surface area (Å²) in [5.41, 5.74) is -0.232. The van der Waals surface area contributed by atoms with Crippen LogP contribution in [0.5, 0.6) is 0 Å². The Hall–Kier alpha value is -1.68. The van der Waals surface area contributed by atoms with Crippen molar-refractivity contribution in [3.05, 3.63) is 48.0 Å². The molecule has 4 nitrogen and oxygen atoms in total. The summed E-state index contributed by atoms with van der Waals surface area (Å²) in [5.74, 6) is 0.603. The Morgan fingerprint density at radius 1 is 1.28 bits per heavy atom. The highest BCUT2D eigenvalue weighted by molar-refractivity contribution is 5.29. The molecule has 0 spiro atoms. The van der Waals surface area contributed by atoms with Gasteiger partial charge in [0.1, 0.15) is 11.9 Å². The normalized spacial score (nSPS) is 14.7. The van der Waals surface area contributed by atoms with Gasteiger partial charge in [-0.05, 0) is 25.8 Å². The van der Waals surface area contributed by atoms with Gasteiger partial charge < -0.3 is 5.11 Å².